The van der Waals surface area contributed by atoms with Crippen LogP contribution < -0.4 is 11.2 Å². The number of H-pyrrole nitrogens is 1. The van der Waals surface area contributed by atoms with Gasteiger partial charge in [0, 0.05) is 6.20 Å². The van der Waals surface area contributed by atoms with Gasteiger partial charge in [-0.25, -0.2) is 4.79 Å². The van der Waals surface area contributed by atoms with Crippen molar-refractivity contribution < 1.29 is 14.9 Å². The molecule has 0 saturated carbocycles. The maximum atomic E-state index is 11.7. The topological polar surface area (TPSA) is 105 Å². The molecule has 9 heteroatoms. The van der Waals surface area contributed by atoms with Gasteiger partial charge >= 0.3 is 5.69 Å². The molecule has 0 spiro atoms. The first-order chi connectivity index (χ1) is 8.45. The van der Waals surface area contributed by atoms with E-state index in [2.05, 4.69) is 4.98 Å². The van der Waals surface area contributed by atoms with E-state index in [1.165, 1.54) is 10.8 Å². The molecule has 1 aromatic rings. The highest BCUT2D eigenvalue weighted by atomic mass is 127. The average molecular weight is 480 g/mol. The largest absolute Gasteiger partial charge is 0.394 e. The molecule has 7 nitrogen and oxygen atoms in total. The quantitative estimate of drug-likeness (QED) is 0.380. The molecular formula is C9H10I2N2O5. The van der Waals surface area contributed by atoms with Crippen LogP contribution in [0.3, 0.4) is 0 Å². The second kappa shape index (κ2) is 5.56. The third-order valence-electron chi connectivity index (χ3n) is 2.67. The number of alkyl halides is 1. The van der Waals surface area contributed by atoms with Crippen LogP contribution in [-0.2, 0) is 4.74 Å². The van der Waals surface area contributed by atoms with E-state index < -0.39 is 29.7 Å². The highest BCUT2D eigenvalue weighted by Gasteiger charge is 2.43. The summed E-state index contributed by atoms with van der Waals surface area (Å²) < 4.78 is 6.61. The fourth-order valence-corrected chi connectivity index (χ4v) is 3.14. The Kier molecular flexibility index (Phi) is 4.46. The minimum Gasteiger partial charge on any atom is -0.394 e. The van der Waals surface area contributed by atoms with E-state index in [9.17, 15) is 14.7 Å². The lowest BCUT2D eigenvalue weighted by atomic mass is 10.2. The zero-order valence-electron chi connectivity index (χ0n) is 8.92. The molecule has 1 aliphatic rings. The fourth-order valence-electron chi connectivity index (χ4n) is 1.73. The highest BCUT2D eigenvalue weighted by molar-refractivity contribution is 14.1. The van der Waals surface area contributed by atoms with Crippen molar-refractivity contribution in [2.24, 2.45) is 0 Å². The number of hydrogen-bond acceptors (Lipinski definition) is 5. The molecule has 1 fully saturated rings. The Hall–Kier alpha value is 0.0200. The van der Waals surface area contributed by atoms with Crippen LogP contribution >= 0.6 is 45.2 Å². The highest BCUT2D eigenvalue weighted by Crippen LogP contribution is 2.33. The van der Waals surface area contributed by atoms with Crippen LogP contribution in [0.25, 0.3) is 0 Å². The van der Waals surface area contributed by atoms with Crippen molar-refractivity contribution in [1.29, 1.82) is 0 Å². The minimum atomic E-state index is -0.864. The van der Waals surface area contributed by atoms with Crippen LogP contribution in [0.4, 0.5) is 0 Å². The van der Waals surface area contributed by atoms with Gasteiger partial charge in [-0.1, -0.05) is 22.6 Å². The number of halogens is 2. The Morgan fingerprint density at radius 3 is 2.72 bits per heavy atom. The van der Waals surface area contributed by atoms with Crippen molar-refractivity contribution in [3.05, 3.63) is 30.6 Å². The van der Waals surface area contributed by atoms with Crippen LogP contribution in [0, 0.1) is 3.57 Å². The van der Waals surface area contributed by atoms with E-state index in [-0.39, 0.29) is 10.5 Å². The number of aliphatic hydroxyl groups excluding tert-OH is 2. The van der Waals surface area contributed by atoms with Gasteiger partial charge in [0.05, 0.1) is 20.2 Å². The van der Waals surface area contributed by atoms with Gasteiger partial charge in [-0.3, -0.25) is 14.3 Å². The zero-order chi connectivity index (χ0) is 13.4. The number of nitrogens with one attached hydrogen (secondary N) is 1. The number of aromatic nitrogens is 2. The lowest BCUT2D eigenvalue weighted by molar-refractivity contribution is -0.0456. The van der Waals surface area contributed by atoms with Gasteiger partial charge in [-0.05, 0) is 22.6 Å². The normalized spacial score (nSPS) is 31.8. The minimum absolute atomic E-state index is 0.327. The Balaban J connectivity index is 2.42. The predicted octanol–water partition coefficient (Wildman–Crippen LogP) is -0.805. The average Bonchev–Trinajstić information content (AvgIpc) is 2.61. The van der Waals surface area contributed by atoms with Crippen molar-refractivity contribution in [1.82, 2.24) is 9.55 Å². The summed E-state index contributed by atoms with van der Waals surface area (Å²) in [6.07, 6.45) is -0.925. The first-order valence-electron chi connectivity index (χ1n) is 5.05. The molecule has 100 valence electrons. The van der Waals surface area contributed by atoms with Gasteiger partial charge in [0.1, 0.15) is 6.10 Å². The molecule has 0 bridgehead atoms. The third-order valence-corrected chi connectivity index (χ3v) is 4.79. The van der Waals surface area contributed by atoms with Gasteiger partial charge in [0.15, 0.2) is 6.23 Å². The summed E-state index contributed by atoms with van der Waals surface area (Å²) in [6, 6.07) is 0. The maximum absolute atomic E-state index is 11.7. The SMILES string of the molecule is O=c1[nH]c(=O)n([C@@H]2O[C@H](CO)[C@@H](O)[C@H]2I)cc1I. The molecular weight excluding hydrogens is 470 g/mol. The molecule has 3 N–H and O–H groups in total. The number of hydrogen-bond donors (Lipinski definition) is 3. The van der Waals surface area contributed by atoms with Crippen molar-refractivity contribution >= 4 is 45.2 Å². The summed E-state index contributed by atoms with van der Waals surface area (Å²) in [6.45, 7) is -0.327. The lowest BCUT2D eigenvalue weighted by Gasteiger charge is -2.16. The number of rotatable bonds is 2. The van der Waals surface area contributed by atoms with Crippen LogP contribution in [0.1, 0.15) is 6.23 Å². The van der Waals surface area contributed by atoms with Crippen LogP contribution in [-0.4, -0.2) is 42.5 Å². The molecule has 0 radical (unpaired) electrons. The molecule has 0 unspecified atom stereocenters. The first-order valence-corrected chi connectivity index (χ1v) is 7.37. The van der Waals surface area contributed by atoms with Crippen molar-refractivity contribution in [3.8, 4) is 0 Å². The molecule has 0 amide bonds. The zero-order valence-corrected chi connectivity index (χ0v) is 13.2. The van der Waals surface area contributed by atoms with E-state index >= 15 is 0 Å². The smallest absolute Gasteiger partial charge is 0.330 e. The molecule has 18 heavy (non-hydrogen) atoms. The van der Waals surface area contributed by atoms with E-state index in [4.69, 9.17) is 9.84 Å². The van der Waals surface area contributed by atoms with Crippen LogP contribution in [0.15, 0.2) is 15.8 Å². The molecule has 2 rings (SSSR count). The summed E-state index contributed by atoms with van der Waals surface area (Å²) in [5.74, 6) is 0. The van der Waals surface area contributed by atoms with Crippen LogP contribution in [0.2, 0.25) is 0 Å². The van der Waals surface area contributed by atoms with Crippen LogP contribution in [0.5, 0.6) is 0 Å². The molecule has 1 aliphatic heterocycles. The Morgan fingerprint density at radius 1 is 1.50 bits per heavy atom. The van der Waals surface area contributed by atoms with Gasteiger partial charge in [0.25, 0.3) is 5.56 Å². The summed E-state index contributed by atoms with van der Waals surface area (Å²) in [4.78, 5) is 25.1. The fraction of sp³-hybridized carbons (Fsp3) is 0.556. The Bertz CT molecular complexity index is 557. The van der Waals surface area contributed by atoms with Gasteiger partial charge in [-0.2, -0.15) is 0 Å². The maximum Gasteiger partial charge on any atom is 0.330 e. The molecule has 2 heterocycles. The molecule has 4 atom stereocenters. The third kappa shape index (κ3) is 2.50. The summed E-state index contributed by atoms with van der Waals surface area (Å²) in [5.41, 5.74) is -1.06. The number of nitrogens with zero attached hydrogens (tertiary/aromatic N) is 1. The molecule has 1 aromatic heterocycles. The van der Waals surface area contributed by atoms with E-state index in [0.717, 1.165) is 0 Å². The number of aromatic amines is 1. The van der Waals surface area contributed by atoms with E-state index in [1.807, 2.05) is 22.6 Å². The van der Waals surface area contributed by atoms with Gasteiger partial charge < -0.3 is 14.9 Å². The van der Waals surface area contributed by atoms with E-state index in [0.29, 0.717) is 3.57 Å². The Labute approximate surface area is 128 Å². The second-order valence-electron chi connectivity index (χ2n) is 3.83. The van der Waals surface area contributed by atoms with E-state index in [1.54, 1.807) is 22.6 Å². The monoisotopic (exact) mass is 480 g/mol. The standard InChI is InChI=1S/C9H10I2N2O5/c10-3-1-13(9(17)12-7(3)16)8-5(11)6(15)4(2-14)18-8/h1,4-6,8,14-15H,2H2,(H,12,16,17)/t4-,5-,6-,8-/m1/s1. The molecule has 0 aromatic carbocycles. The Morgan fingerprint density at radius 2 is 2.17 bits per heavy atom. The number of ether oxygens (including phenoxy) is 1. The first kappa shape index (κ1) is 14.4. The predicted molar refractivity (Wildman–Crippen MR) is 78.9 cm³/mol. The summed E-state index contributed by atoms with van der Waals surface area (Å²) in [7, 11) is 0. The summed E-state index contributed by atoms with van der Waals surface area (Å²) in [5, 5.41) is 18.9. The molecule has 1 saturated heterocycles. The lowest BCUT2D eigenvalue weighted by Crippen LogP contribution is -2.36. The molecule has 0 aliphatic carbocycles. The van der Waals surface area contributed by atoms with Crippen molar-refractivity contribution in [2.45, 2.75) is 22.4 Å². The van der Waals surface area contributed by atoms with Crippen molar-refractivity contribution in [2.75, 3.05) is 6.61 Å². The van der Waals surface area contributed by atoms with Crippen molar-refractivity contribution in [3.63, 3.8) is 0 Å². The number of aliphatic hydroxyl groups is 2. The summed E-state index contributed by atoms with van der Waals surface area (Å²) >= 11 is 3.77. The van der Waals surface area contributed by atoms with Gasteiger partial charge in [-0.15, -0.1) is 0 Å². The van der Waals surface area contributed by atoms with Gasteiger partial charge in [0.2, 0.25) is 0 Å². The second-order valence-corrected chi connectivity index (χ2v) is 6.43.